The lowest BCUT2D eigenvalue weighted by molar-refractivity contribution is -0.135. The van der Waals surface area contributed by atoms with Gasteiger partial charge in [-0.1, -0.05) is 26.0 Å². The molecule has 0 N–H and O–H groups in total. The summed E-state index contributed by atoms with van der Waals surface area (Å²) in [6.07, 6.45) is 0.281. The summed E-state index contributed by atoms with van der Waals surface area (Å²) in [5.41, 5.74) is 2.12. The van der Waals surface area contributed by atoms with Gasteiger partial charge in [-0.3, -0.25) is 9.59 Å². The van der Waals surface area contributed by atoms with Gasteiger partial charge in [-0.25, -0.2) is 0 Å². The first-order valence-corrected chi connectivity index (χ1v) is 8.67. The highest BCUT2D eigenvalue weighted by Crippen LogP contribution is 2.27. The highest BCUT2D eigenvalue weighted by molar-refractivity contribution is 6.00. The molecule has 1 aliphatic rings. The van der Waals surface area contributed by atoms with E-state index in [9.17, 15) is 9.59 Å². The first-order chi connectivity index (χ1) is 11.4. The molecule has 1 aromatic carbocycles. The van der Waals surface area contributed by atoms with E-state index in [1.54, 1.807) is 16.8 Å². The van der Waals surface area contributed by atoms with Crippen molar-refractivity contribution in [3.05, 3.63) is 29.8 Å². The normalized spacial score (nSPS) is 17.6. The molecule has 0 radical (unpaired) electrons. The predicted molar refractivity (Wildman–Crippen MR) is 95.1 cm³/mol. The molecule has 0 aliphatic carbocycles. The van der Waals surface area contributed by atoms with Gasteiger partial charge in [0.2, 0.25) is 11.8 Å². The first-order valence-electron chi connectivity index (χ1n) is 8.67. The Morgan fingerprint density at radius 2 is 2.00 bits per heavy atom. The second-order valence-corrected chi connectivity index (χ2v) is 6.61. The average Bonchev–Trinajstić information content (AvgIpc) is 2.96. The van der Waals surface area contributed by atoms with Crippen molar-refractivity contribution in [1.29, 1.82) is 0 Å². The number of amides is 2. The third-order valence-corrected chi connectivity index (χ3v) is 4.50. The first kappa shape index (κ1) is 18.5. The SMILES string of the molecule is CCOCCN(C)C(=O)C1CC(=O)N(c2ccc(C(C)C)cc2)C1. The Kier molecular flexibility index (Phi) is 6.37. The van der Waals surface area contributed by atoms with Crippen LogP contribution in [0.3, 0.4) is 0 Å². The largest absolute Gasteiger partial charge is 0.380 e. The van der Waals surface area contributed by atoms with E-state index in [1.165, 1.54) is 5.56 Å². The summed E-state index contributed by atoms with van der Waals surface area (Å²) >= 11 is 0. The van der Waals surface area contributed by atoms with Crippen LogP contribution in [0.25, 0.3) is 0 Å². The lowest BCUT2D eigenvalue weighted by Crippen LogP contribution is -2.36. The van der Waals surface area contributed by atoms with Crippen molar-refractivity contribution < 1.29 is 14.3 Å². The van der Waals surface area contributed by atoms with Crippen molar-refractivity contribution in [1.82, 2.24) is 4.90 Å². The van der Waals surface area contributed by atoms with Crippen LogP contribution >= 0.6 is 0 Å². The maximum absolute atomic E-state index is 12.5. The summed E-state index contributed by atoms with van der Waals surface area (Å²) in [4.78, 5) is 28.2. The summed E-state index contributed by atoms with van der Waals surface area (Å²) in [5, 5.41) is 0. The van der Waals surface area contributed by atoms with Crippen molar-refractivity contribution in [3.63, 3.8) is 0 Å². The molecule has 1 heterocycles. The Morgan fingerprint density at radius 3 is 2.58 bits per heavy atom. The molecule has 0 saturated carbocycles. The summed E-state index contributed by atoms with van der Waals surface area (Å²) in [5.74, 6) is 0.226. The van der Waals surface area contributed by atoms with Crippen LogP contribution in [0.15, 0.2) is 24.3 Å². The molecule has 1 aliphatic heterocycles. The predicted octanol–water partition coefficient (Wildman–Crippen LogP) is 2.66. The van der Waals surface area contributed by atoms with Gasteiger partial charge in [0.05, 0.1) is 12.5 Å². The Morgan fingerprint density at radius 1 is 1.33 bits per heavy atom. The van der Waals surface area contributed by atoms with Crippen molar-refractivity contribution in [2.75, 3.05) is 38.3 Å². The van der Waals surface area contributed by atoms with Crippen LogP contribution in [0.1, 0.15) is 38.7 Å². The number of likely N-dealkylation sites (N-methyl/N-ethyl adjacent to an activating group) is 1. The van der Waals surface area contributed by atoms with Gasteiger partial charge < -0.3 is 14.5 Å². The fourth-order valence-electron chi connectivity index (χ4n) is 2.93. The van der Waals surface area contributed by atoms with E-state index in [4.69, 9.17) is 4.74 Å². The van der Waals surface area contributed by atoms with Crippen molar-refractivity contribution in [3.8, 4) is 0 Å². The van der Waals surface area contributed by atoms with Crippen LogP contribution in [0.2, 0.25) is 0 Å². The molecule has 0 spiro atoms. The van der Waals surface area contributed by atoms with Crippen LogP contribution in [-0.4, -0.2) is 50.1 Å². The standard InChI is InChI=1S/C19H28N2O3/c1-5-24-11-10-20(4)19(23)16-12-18(22)21(13-16)17-8-6-15(7-9-17)14(2)3/h6-9,14,16H,5,10-13H2,1-4H3. The van der Waals surface area contributed by atoms with Crippen molar-refractivity contribution in [2.24, 2.45) is 5.92 Å². The van der Waals surface area contributed by atoms with E-state index in [1.807, 2.05) is 19.1 Å². The molecule has 1 atom stereocenters. The van der Waals surface area contributed by atoms with Gasteiger partial charge in [0, 0.05) is 38.9 Å². The molecule has 1 fully saturated rings. The Labute approximate surface area is 144 Å². The Hall–Kier alpha value is -1.88. The summed E-state index contributed by atoms with van der Waals surface area (Å²) < 4.78 is 5.29. The maximum Gasteiger partial charge on any atom is 0.227 e. The van der Waals surface area contributed by atoms with E-state index in [0.29, 0.717) is 32.2 Å². The van der Waals surface area contributed by atoms with Gasteiger partial charge in [-0.15, -0.1) is 0 Å². The smallest absolute Gasteiger partial charge is 0.227 e. The molecule has 2 amide bonds. The number of benzene rings is 1. The minimum absolute atomic E-state index is 0.0175. The van der Waals surface area contributed by atoms with E-state index < -0.39 is 0 Å². The zero-order chi connectivity index (χ0) is 17.7. The van der Waals surface area contributed by atoms with Gasteiger partial charge in [0.1, 0.15) is 0 Å². The molecule has 1 saturated heterocycles. The highest BCUT2D eigenvalue weighted by atomic mass is 16.5. The number of carbonyl (C=O) groups is 2. The van der Waals surface area contributed by atoms with E-state index >= 15 is 0 Å². The zero-order valence-corrected chi connectivity index (χ0v) is 15.1. The van der Waals surface area contributed by atoms with E-state index in [-0.39, 0.29) is 24.2 Å². The quantitative estimate of drug-likeness (QED) is 0.721. The molecule has 0 bridgehead atoms. The topological polar surface area (TPSA) is 49.9 Å². The second-order valence-electron chi connectivity index (χ2n) is 6.61. The molecule has 1 unspecified atom stereocenters. The fraction of sp³-hybridized carbons (Fsp3) is 0.579. The minimum atomic E-state index is -0.270. The fourth-order valence-corrected chi connectivity index (χ4v) is 2.93. The van der Waals surface area contributed by atoms with Crippen molar-refractivity contribution in [2.45, 2.75) is 33.1 Å². The van der Waals surface area contributed by atoms with Gasteiger partial charge in [-0.05, 0) is 30.5 Å². The molecule has 0 aromatic heterocycles. The maximum atomic E-state index is 12.5. The van der Waals surface area contributed by atoms with Gasteiger partial charge in [0.15, 0.2) is 0 Å². The number of rotatable bonds is 7. The molecule has 1 aromatic rings. The van der Waals surface area contributed by atoms with E-state index in [2.05, 4.69) is 26.0 Å². The monoisotopic (exact) mass is 332 g/mol. The van der Waals surface area contributed by atoms with Gasteiger partial charge >= 0.3 is 0 Å². The van der Waals surface area contributed by atoms with E-state index in [0.717, 1.165) is 5.69 Å². The number of nitrogens with zero attached hydrogens (tertiary/aromatic N) is 2. The molecule has 5 heteroatoms. The third kappa shape index (κ3) is 4.35. The van der Waals surface area contributed by atoms with Crippen LogP contribution in [0.4, 0.5) is 5.69 Å². The minimum Gasteiger partial charge on any atom is -0.380 e. The second kappa shape index (κ2) is 8.29. The van der Waals surface area contributed by atoms with Crippen molar-refractivity contribution >= 4 is 17.5 Å². The summed E-state index contributed by atoms with van der Waals surface area (Å²) in [6.45, 7) is 8.40. The van der Waals surface area contributed by atoms with Crippen LogP contribution in [0.5, 0.6) is 0 Å². The number of carbonyl (C=O) groups excluding carboxylic acids is 2. The van der Waals surface area contributed by atoms with Crippen LogP contribution < -0.4 is 4.90 Å². The van der Waals surface area contributed by atoms with Crippen LogP contribution in [0, 0.1) is 5.92 Å². The number of ether oxygens (including phenoxy) is 1. The third-order valence-electron chi connectivity index (χ3n) is 4.50. The lowest BCUT2D eigenvalue weighted by atomic mass is 10.0. The molecule has 2 rings (SSSR count). The molecule has 5 nitrogen and oxygen atoms in total. The lowest BCUT2D eigenvalue weighted by Gasteiger charge is -2.21. The van der Waals surface area contributed by atoms with Crippen LogP contribution in [-0.2, 0) is 14.3 Å². The Balaban J connectivity index is 1.98. The number of hydrogen-bond donors (Lipinski definition) is 0. The molecule has 24 heavy (non-hydrogen) atoms. The molecule has 132 valence electrons. The Bertz CT molecular complexity index is 568. The summed E-state index contributed by atoms with van der Waals surface area (Å²) in [6, 6.07) is 8.05. The molecular weight excluding hydrogens is 304 g/mol. The average molecular weight is 332 g/mol. The van der Waals surface area contributed by atoms with Gasteiger partial charge in [-0.2, -0.15) is 0 Å². The van der Waals surface area contributed by atoms with Gasteiger partial charge in [0.25, 0.3) is 0 Å². The highest BCUT2D eigenvalue weighted by Gasteiger charge is 2.36. The summed E-state index contributed by atoms with van der Waals surface area (Å²) in [7, 11) is 1.77. The zero-order valence-electron chi connectivity index (χ0n) is 15.1. The molecular formula is C19H28N2O3. The number of anilines is 1. The number of hydrogen-bond acceptors (Lipinski definition) is 3.